The van der Waals surface area contributed by atoms with Gasteiger partial charge in [0.15, 0.2) is 31.3 Å². The first-order valence-electron chi connectivity index (χ1n) is 16.4. The average Bonchev–Trinajstić information content (AvgIpc) is 3.14. The van der Waals surface area contributed by atoms with Crippen LogP contribution in [0.2, 0.25) is 0 Å². The average molecular weight is 678 g/mol. The Morgan fingerprint density at radius 1 is 0.580 bits per heavy atom. The van der Waals surface area contributed by atoms with Gasteiger partial charge in [-0.3, -0.25) is 0 Å². The van der Waals surface area contributed by atoms with Crippen LogP contribution in [-0.2, 0) is 30.3 Å². The minimum absolute atomic E-state index is 0.184. The first-order chi connectivity index (χ1) is 24.2. The third kappa shape index (κ3) is 7.12. The van der Waals surface area contributed by atoms with Gasteiger partial charge in [-0.15, -0.1) is 0 Å². The molecule has 0 N–H and O–H groups in total. The highest BCUT2D eigenvalue weighted by atomic mass is 32.2. The number of pyridine rings is 2. The Morgan fingerprint density at radius 2 is 1.08 bits per heavy atom. The minimum atomic E-state index is -4.34. The van der Waals surface area contributed by atoms with Crippen LogP contribution in [0, 0.1) is 0 Å². The molecule has 0 spiro atoms. The number of para-hydroxylation sites is 4. The van der Waals surface area contributed by atoms with E-state index in [1.807, 2.05) is 19.2 Å². The van der Waals surface area contributed by atoms with Crippen LogP contribution >= 0.6 is 0 Å². The molecule has 8 rings (SSSR count). The first kappa shape index (κ1) is 32.7. The lowest BCUT2D eigenvalue weighted by molar-refractivity contribution is -0.688. The molecular formula is C42H37N4O3S+. The molecule has 0 saturated heterocycles. The molecule has 2 aromatic heterocycles. The molecule has 7 aromatic rings. The molecule has 1 aliphatic heterocycles. The van der Waals surface area contributed by atoms with Gasteiger partial charge in [0.25, 0.3) is 0 Å². The van der Waals surface area contributed by atoms with Crippen LogP contribution in [0.15, 0.2) is 169 Å². The van der Waals surface area contributed by atoms with Crippen molar-refractivity contribution in [3.63, 3.8) is 0 Å². The molecule has 0 bridgehead atoms. The predicted octanol–water partition coefficient (Wildman–Crippen LogP) is 7.68. The zero-order valence-corrected chi connectivity index (χ0v) is 28.7. The van der Waals surface area contributed by atoms with E-state index >= 15 is 0 Å². The summed E-state index contributed by atoms with van der Waals surface area (Å²) in [5.41, 5.74) is 10.0. The smallest absolute Gasteiger partial charge is 0.173 e. The zero-order chi connectivity index (χ0) is 34.7. The SMILES string of the molecule is CN1c2ccccc2N(Cc2ccc(C[n+]3ccc(-c4cc[n+](C)cc4)cc3)cc2)c2ccccc21.O=S(=O)([O-])c1ccc2ccccc2c1. The fraction of sp³-hybridized carbons (Fsp3) is 0.0952. The fourth-order valence-corrected chi connectivity index (χ4v) is 6.80. The molecule has 1 aliphatic rings. The Balaban J connectivity index is 0.000000234. The van der Waals surface area contributed by atoms with Gasteiger partial charge >= 0.3 is 0 Å². The van der Waals surface area contributed by atoms with E-state index in [2.05, 4.69) is 148 Å². The molecular weight excluding hydrogens is 641 g/mol. The summed E-state index contributed by atoms with van der Waals surface area (Å²) in [5, 5.41) is 1.67. The number of hydrogen-bond acceptors (Lipinski definition) is 5. The van der Waals surface area contributed by atoms with E-state index in [0.717, 1.165) is 23.9 Å². The topological polar surface area (TPSA) is 71.4 Å². The summed E-state index contributed by atoms with van der Waals surface area (Å²) >= 11 is 0. The van der Waals surface area contributed by atoms with Crippen LogP contribution in [0.3, 0.4) is 0 Å². The van der Waals surface area contributed by atoms with E-state index in [1.54, 1.807) is 18.2 Å². The van der Waals surface area contributed by atoms with Crippen molar-refractivity contribution in [2.45, 2.75) is 18.0 Å². The predicted molar refractivity (Wildman–Crippen MR) is 197 cm³/mol. The quantitative estimate of drug-likeness (QED) is 0.133. The second kappa shape index (κ2) is 14.0. The highest BCUT2D eigenvalue weighted by molar-refractivity contribution is 7.85. The normalized spacial score (nSPS) is 12.1. The van der Waals surface area contributed by atoms with Crippen LogP contribution in [0.1, 0.15) is 11.1 Å². The van der Waals surface area contributed by atoms with Crippen molar-refractivity contribution in [2.75, 3.05) is 16.8 Å². The molecule has 8 heteroatoms. The van der Waals surface area contributed by atoms with Crippen molar-refractivity contribution < 1.29 is 22.1 Å². The minimum Gasteiger partial charge on any atom is -0.744 e. The van der Waals surface area contributed by atoms with Gasteiger partial charge in [0.1, 0.15) is 17.2 Å². The lowest BCUT2D eigenvalue weighted by atomic mass is 10.1. The van der Waals surface area contributed by atoms with Crippen molar-refractivity contribution in [1.82, 2.24) is 0 Å². The van der Waals surface area contributed by atoms with E-state index in [9.17, 15) is 13.0 Å². The largest absolute Gasteiger partial charge is 0.744 e. The molecule has 0 fully saturated rings. The number of hydrogen-bond donors (Lipinski definition) is 0. The van der Waals surface area contributed by atoms with Gasteiger partial charge in [0.05, 0.1) is 27.6 Å². The summed E-state index contributed by atoms with van der Waals surface area (Å²) in [6, 6.07) is 46.6. The molecule has 50 heavy (non-hydrogen) atoms. The lowest BCUT2D eigenvalue weighted by Gasteiger charge is -2.38. The molecule has 0 atom stereocenters. The van der Waals surface area contributed by atoms with E-state index in [0.29, 0.717) is 0 Å². The second-order valence-corrected chi connectivity index (χ2v) is 13.8. The van der Waals surface area contributed by atoms with Crippen LogP contribution in [0.4, 0.5) is 22.7 Å². The Morgan fingerprint density at radius 3 is 1.66 bits per heavy atom. The fourth-order valence-electron chi connectivity index (χ4n) is 6.30. The number of rotatable bonds is 6. The van der Waals surface area contributed by atoms with Gasteiger partial charge in [-0.25, -0.2) is 17.6 Å². The summed E-state index contributed by atoms with van der Waals surface area (Å²) < 4.78 is 36.4. The first-order valence-corrected chi connectivity index (χ1v) is 17.8. The summed E-state index contributed by atoms with van der Waals surface area (Å²) in [4.78, 5) is 4.53. The van der Waals surface area contributed by atoms with E-state index in [-0.39, 0.29) is 4.90 Å². The van der Waals surface area contributed by atoms with E-state index in [1.165, 1.54) is 57.1 Å². The molecule has 0 saturated carbocycles. The number of nitrogens with zero attached hydrogens (tertiary/aromatic N) is 4. The van der Waals surface area contributed by atoms with Crippen LogP contribution in [-0.4, -0.2) is 20.0 Å². The Bertz CT molecular complexity index is 2330. The Labute approximate surface area is 293 Å². The summed E-state index contributed by atoms with van der Waals surface area (Å²) in [6.07, 6.45) is 8.48. The lowest BCUT2D eigenvalue weighted by Crippen LogP contribution is -2.33. The third-order valence-electron chi connectivity index (χ3n) is 9.01. The monoisotopic (exact) mass is 677 g/mol. The highest BCUT2D eigenvalue weighted by Gasteiger charge is 2.25. The van der Waals surface area contributed by atoms with Crippen molar-refractivity contribution in [2.24, 2.45) is 7.05 Å². The van der Waals surface area contributed by atoms with Gasteiger partial charge in [0.2, 0.25) is 0 Å². The van der Waals surface area contributed by atoms with E-state index < -0.39 is 10.1 Å². The molecule has 3 heterocycles. The third-order valence-corrected chi connectivity index (χ3v) is 9.84. The van der Waals surface area contributed by atoms with Crippen molar-refractivity contribution in [3.05, 3.63) is 175 Å². The van der Waals surface area contributed by atoms with E-state index in [4.69, 9.17) is 0 Å². The Kier molecular flexibility index (Phi) is 9.13. The second-order valence-electron chi connectivity index (χ2n) is 12.4. The molecule has 0 aliphatic carbocycles. The summed E-state index contributed by atoms with van der Waals surface area (Å²) in [5.74, 6) is 0. The molecule has 0 unspecified atom stereocenters. The van der Waals surface area contributed by atoms with Gasteiger partial charge in [-0.05, 0) is 63.9 Å². The maximum absolute atomic E-state index is 10.7. The van der Waals surface area contributed by atoms with Crippen molar-refractivity contribution in [1.29, 1.82) is 0 Å². The zero-order valence-electron chi connectivity index (χ0n) is 27.9. The van der Waals surface area contributed by atoms with Gasteiger partial charge in [-0.1, -0.05) is 78.9 Å². The summed E-state index contributed by atoms with van der Waals surface area (Å²) in [7, 11) is -0.159. The highest BCUT2D eigenvalue weighted by Crippen LogP contribution is 2.47. The number of aryl methyl sites for hydroxylation is 1. The van der Waals surface area contributed by atoms with Crippen LogP contribution < -0.4 is 18.9 Å². The standard InChI is InChI=1S/C32H30N4.C10H8O3S/c1-33-19-15-27(16-20-33)28-17-21-35(22-18-28)23-25-11-13-26(14-12-25)24-36-31-9-5-3-7-29(31)34(2)30-8-4-6-10-32(30)36;11-14(12,13)10-6-5-8-3-1-2-4-9(8)7-10/h3-22H,23-24H2,1-2H3;1-7H,(H,11,12,13)/q+2;/p-1. The van der Waals surface area contributed by atoms with Gasteiger partial charge in [0, 0.05) is 43.4 Å². The maximum atomic E-state index is 10.7. The van der Waals surface area contributed by atoms with Crippen molar-refractivity contribution in [3.8, 4) is 11.1 Å². The molecule has 0 amide bonds. The van der Waals surface area contributed by atoms with Crippen LogP contribution in [0.25, 0.3) is 21.9 Å². The number of benzene rings is 5. The Hall–Kier alpha value is -5.83. The number of fused-ring (bicyclic) bond motifs is 3. The number of aromatic nitrogens is 2. The molecule has 7 nitrogen and oxygen atoms in total. The summed E-state index contributed by atoms with van der Waals surface area (Å²) in [6.45, 7) is 1.68. The molecule has 5 aromatic carbocycles. The van der Waals surface area contributed by atoms with Gasteiger partial charge < -0.3 is 14.4 Å². The number of anilines is 4. The molecule has 248 valence electrons. The van der Waals surface area contributed by atoms with Crippen LogP contribution in [0.5, 0.6) is 0 Å². The van der Waals surface area contributed by atoms with Crippen molar-refractivity contribution >= 4 is 43.6 Å². The maximum Gasteiger partial charge on any atom is 0.173 e. The van der Waals surface area contributed by atoms with Gasteiger partial charge in [-0.2, -0.15) is 0 Å². The molecule has 0 radical (unpaired) electrons.